The van der Waals surface area contributed by atoms with Gasteiger partial charge in [-0.05, 0) is 31.6 Å². The molecule has 2 N–H and O–H groups in total. The van der Waals surface area contributed by atoms with Gasteiger partial charge in [0.05, 0.1) is 12.4 Å². The van der Waals surface area contributed by atoms with Crippen molar-refractivity contribution < 1.29 is 13.2 Å². The summed E-state index contributed by atoms with van der Waals surface area (Å²) in [5.74, 6) is 0.692. The Morgan fingerprint density at radius 2 is 1.78 bits per heavy atom. The molecule has 0 saturated carbocycles. The minimum absolute atomic E-state index is 0.0111. The maximum atomic E-state index is 11.3. The molecule has 4 nitrogen and oxygen atoms in total. The lowest BCUT2D eigenvalue weighted by molar-refractivity contribution is 0.0470. The fourth-order valence-corrected chi connectivity index (χ4v) is 3.35. The first-order valence-corrected chi connectivity index (χ1v) is 8.54. The summed E-state index contributed by atoms with van der Waals surface area (Å²) in [4.78, 5) is 0. The number of sulfonamides is 1. The molecule has 0 amide bonds. The van der Waals surface area contributed by atoms with Crippen LogP contribution >= 0.6 is 0 Å². The second-order valence-corrected chi connectivity index (χ2v) is 7.22. The lowest BCUT2D eigenvalue weighted by Crippen LogP contribution is -2.36. The highest BCUT2D eigenvalue weighted by molar-refractivity contribution is 7.89. The summed E-state index contributed by atoms with van der Waals surface area (Å²) in [6.07, 6.45) is 3.70. The highest BCUT2D eigenvalue weighted by Crippen LogP contribution is 2.28. The number of hydrogen-bond acceptors (Lipinski definition) is 3. The topological polar surface area (TPSA) is 69.4 Å². The summed E-state index contributed by atoms with van der Waals surface area (Å²) >= 11 is 0. The quantitative estimate of drug-likeness (QED) is 0.625. The van der Waals surface area contributed by atoms with Gasteiger partial charge in [-0.3, -0.25) is 0 Å². The summed E-state index contributed by atoms with van der Waals surface area (Å²) in [5, 5.41) is 5.16. The molecule has 0 aliphatic carbocycles. The van der Waals surface area contributed by atoms with E-state index in [0.29, 0.717) is 19.1 Å². The van der Waals surface area contributed by atoms with Gasteiger partial charge < -0.3 is 4.74 Å². The van der Waals surface area contributed by atoms with Crippen molar-refractivity contribution in [1.82, 2.24) is 0 Å². The molecule has 0 aromatic heterocycles. The minimum Gasteiger partial charge on any atom is -0.381 e. The van der Waals surface area contributed by atoms with Gasteiger partial charge in [0.15, 0.2) is 0 Å². The molecule has 0 aromatic carbocycles. The maximum Gasteiger partial charge on any atom is 0.209 e. The molecule has 0 fully saturated rings. The fraction of sp³-hybridized carbons (Fsp3) is 1.00. The van der Waals surface area contributed by atoms with Gasteiger partial charge in [-0.25, -0.2) is 13.6 Å². The van der Waals surface area contributed by atoms with Crippen molar-refractivity contribution in [3.05, 3.63) is 0 Å². The lowest BCUT2D eigenvalue weighted by atomic mass is 9.85. The van der Waals surface area contributed by atoms with Crippen molar-refractivity contribution in [3.8, 4) is 0 Å². The van der Waals surface area contributed by atoms with Crippen LogP contribution in [0.3, 0.4) is 0 Å². The molecule has 0 rings (SSSR count). The molecule has 0 atom stereocenters. The van der Waals surface area contributed by atoms with Crippen molar-refractivity contribution in [2.75, 3.05) is 19.0 Å². The summed E-state index contributed by atoms with van der Waals surface area (Å²) in [5.41, 5.74) is -0.328. The van der Waals surface area contributed by atoms with Crippen LogP contribution in [-0.4, -0.2) is 27.4 Å². The fourth-order valence-electron chi connectivity index (χ4n) is 2.01. The van der Waals surface area contributed by atoms with Gasteiger partial charge in [0.1, 0.15) is 0 Å². The summed E-state index contributed by atoms with van der Waals surface area (Å²) in [7, 11) is -3.44. The van der Waals surface area contributed by atoms with Gasteiger partial charge in [0, 0.05) is 12.0 Å². The molecule has 0 aromatic rings. The predicted octanol–water partition coefficient (Wildman–Crippen LogP) is 2.53. The molecular formula is C13H29NO3S. The first-order valence-electron chi connectivity index (χ1n) is 6.83. The second kappa shape index (κ2) is 8.12. The molecule has 0 aliphatic rings. The SMILES string of the molecule is CCC(CC)(COCCCC(C)C)CS(N)(=O)=O. The molecule has 0 saturated heterocycles. The molecule has 0 radical (unpaired) electrons. The van der Waals surface area contributed by atoms with Crippen LogP contribution in [0.1, 0.15) is 53.4 Å². The highest BCUT2D eigenvalue weighted by atomic mass is 32.2. The normalized spacial score (nSPS) is 13.2. The van der Waals surface area contributed by atoms with E-state index in [4.69, 9.17) is 9.88 Å². The average Bonchev–Trinajstić information content (AvgIpc) is 2.25. The summed E-state index contributed by atoms with van der Waals surface area (Å²) < 4.78 is 28.2. The summed E-state index contributed by atoms with van der Waals surface area (Å²) in [6.45, 7) is 9.53. The Balaban J connectivity index is 4.19. The third kappa shape index (κ3) is 8.06. The van der Waals surface area contributed by atoms with Crippen molar-refractivity contribution >= 4 is 10.0 Å². The molecule has 0 heterocycles. The Labute approximate surface area is 112 Å². The average molecular weight is 279 g/mol. The van der Waals surface area contributed by atoms with Crippen LogP contribution < -0.4 is 5.14 Å². The van der Waals surface area contributed by atoms with E-state index in [0.717, 1.165) is 25.7 Å². The Kier molecular flexibility index (Phi) is 8.06. The first kappa shape index (κ1) is 17.9. The van der Waals surface area contributed by atoms with Crippen molar-refractivity contribution in [2.45, 2.75) is 53.4 Å². The van der Waals surface area contributed by atoms with Crippen LogP contribution in [0.5, 0.6) is 0 Å². The number of nitrogens with two attached hydrogens (primary N) is 1. The molecule has 0 aliphatic heterocycles. The third-order valence-electron chi connectivity index (χ3n) is 3.49. The summed E-state index contributed by atoms with van der Waals surface area (Å²) in [6, 6.07) is 0. The van der Waals surface area contributed by atoms with E-state index in [1.807, 2.05) is 13.8 Å². The van der Waals surface area contributed by atoms with Crippen LogP contribution in [0.4, 0.5) is 0 Å². The molecule has 18 heavy (non-hydrogen) atoms. The third-order valence-corrected chi connectivity index (χ3v) is 4.50. The minimum atomic E-state index is -3.44. The largest absolute Gasteiger partial charge is 0.381 e. The zero-order valence-electron chi connectivity index (χ0n) is 12.2. The van der Waals surface area contributed by atoms with Crippen molar-refractivity contribution in [3.63, 3.8) is 0 Å². The number of ether oxygens (including phenoxy) is 1. The second-order valence-electron chi connectivity index (χ2n) is 5.60. The van der Waals surface area contributed by atoms with Crippen molar-refractivity contribution in [2.24, 2.45) is 16.5 Å². The molecule has 110 valence electrons. The predicted molar refractivity (Wildman–Crippen MR) is 75.9 cm³/mol. The zero-order valence-corrected chi connectivity index (χ0v) is 13.1. The molecule has 0 bridgehead atoms. The monoisotopic (exact) mass is 279 g/mol. The number of hydrogen-bond donors (Lipinski definition) is 1. The lowest BCUT2D eigenvalue weighted by Gasteiger charge is -2.30. The molecule has 5 heteroatoms. The zero-order chi connectivity index (χ0) is 14.2. The van der Waals surface area contributed by atoms with Crippen LogP contribution in [0.2, 0.25) is 0 Å². The van der Waals surface area contributed by atoms with E-state index < -0.39 is 10.0 Å². The van der Waals surface area contributed by atoms with Gasteiger partial charge in [0.25, 0.3) is 0 Å². The van der Waals surface area contributed by atoms with Gasteiger partial charge in [-0.15, -0.1) is 0 Å². The van der Waals surface area contributed by atoms with E-state index in [9.17, 15) is 8.42 Å². The van der Waals surface area contributed by atoms with E-state index >= 15 is 0 Å². The van der Waals surface area contributed by atoms with E-state index in [1.165, 1.54) is 0 Å². The molecule has 0 unspecified atom stereocenters. The van der Waals surface area contributed by atoms with Crippen LogP contribution in [-0.2, 0) is 14.8 Å². The Bertz CT molecular complexity index is 308. The number of rotatable bonds is 10. The van der Waals surface area contributed by atoms with E-state index in [-0.39, 0.29) is 11.2 Å². The van der Waals surface area contributed by atoms with Crippen LogP contribution in [0.25, 0.3) is 0 Å². The first-order chi connectivity index (χ1) is 8.24. The Morgan fingerprint density at radius 1 is 1.22 bits per heavy atom. The van der Waals surface area contributed by atoms with E-state index in [2.05, 4.69) is 13.8 Å². The maximum absolute atomic E-state index is 11.3. The van der Waals surface area contributed by atoms with Gasteiger partial charge in [0.2, 0.25) is 10.0 Å². The van der Waals surface area contributed by atoms with E-state index in [1.54, 1.807) is 0 Å². The molecule has 0 spiro atoms. The highest BCUT2D eigenvalue weighted by Gasteiger charge is 2.31. The smallest absolute Gasteiger partial charge is 0.209 e. The van der Waals surface area contributed by atoms with Crippen LogP contribution in [0.15, 0.2) is 0 Å². The molecular weight excluding hydrogens is 250 g/mol. The standard InChI is InChI=1S/C13H29NO3S/c1-5-13(6-2,11-18(14,15)16)10-17-9-7-8-12(3)4/h12H,5-11H2,1-4H3,(H2,14,15,16). The number of primary sulfonamides is 1. The van der Waals surface area contributed by atoms with Crippen LogP contribution in [0, 0.1) is 11.3 Å². The van der Waals surface area contributed by atoms with Crippen molar-refractivity contribution in [1.29, 1.82) is 0 Å². The Hall–Kier alpha value is -0.130. The van der Waals surface area contributed by atoms with Gasteiger partial charge in [-0.2, -0.15) is 0 Å². The van der Waals surface area contributed by atoms with Gasteiger partial charge >= 0.3 is 0 Å². The Morgan fingerprint density at radius 3 is 2.17 bits per heavy atom. The van der Waals surface area contributed by atoms with Gasteiger partial charge in [-0.1, -0.05) is 27.7 Å².